The smallest absolute Gasteiger partial charge is 0.165 e. The third kappa shape index (κ3) is 5.80. The molecule has 0 radical (unpaired) electrons. The molecule has 0 spiro atoms. The van der Waals surface area contributed by atoms with Crippen LogP contribution in [-0.2, 0) is 11.3 Å². The van der Waals surface area contributed by atoms with Crippen LogP contribution in [0.3, 0.4) is 0 Å². The van der Waals surface area contributed by atoms with Crippen LogP contribution in [-0.4, -0.2) is 33.5 Å². The zero-order valence-electron chi connectivity index (χ0n) is 13.1. The minimum atomic E-state index is 0.485. The quantitative estimate of drug-likeness (QED) is 0.669. The predicted molar refractivity (Wildman–Crippen MR) is 81.5 cm³/mol. The molecule has 0 amide bonds. The number of nitrogens with one attached hydrogen (secondary N) is 1. The van der Waals surface area contributed by atoms with Crippen LogP contribution in [0.5, 0.6) is 11.5 Å². The Morgan fingerprint density at radius 1 is 1.20 bits per heavy atom. The van der Waals surface area contributed by atoms with Gasteiger partial charge in [-0.1, -0.05) is 26.0 Å². The molecule has 0 saturated carbocycles. The van der Waals surface area contributed by atoms with Crippen LogP contribution in [0, 0.1) is 5.92 Å². The zero-order valence-corrected chi connectivity index (χ0v) is 13.1. The van der Waals surface area contributed by atoms with Crippen molar-refractivity contribution in [3.63, 3.8) is 0 Å². The first-order chi connectivity index (χ1) is 9.69. The molecule has 1 aromatic rings. The van der Waals surface area contributed by atoms with E-state index < -0.39 is 0 Å². The third-order valence-corrected chi connectivity index (χ3v) is 2.72. The molecule has 0 aliphatic heterocycles. The fourth-order valence-electron chi connectivity index (χ4n) is 1.78. The van der Waals surface area contributed by atoms with Crippen molar-refractivity contribution >= 4 is 0 Å². The van der Waals surface area contributed by atoms with Crippen molar-refractivity contribution < 1.29 is 14.2 Å². The van der Waals surface area contributed by atoms with Crippen LogP contribution in [0.25, 0.3) is 0 Å². The van der Waals surface area contributed by atoms with Crippen LogP contribution in [0.4, 0.5) is 0 Å². The van der Waals surface area contributed by atoms with Gasteiger partial charge in [0.05, 0.1) is 19.8 Å². The van der Waals surface area contributed by atoms with Crippen LogP contribution in [0.15, 0.2) is 18.2 Å². The summed E-state index contributed by atoms with van der Waals surface area (Å²) >= 11 is 0. The first-order valence-electron chi connectivity index (χ1n) is 7.26. The van der Waals surface area contributed by atoms with E-state index in [4.69, 9.17) is 14.2 Å². The van der Waals surface area contributed by atoms with Gasteiger partial charge in [-0.25, -0.2) is 0 Å². The molecule has 1 N–H and O–H groups in total. The molecular weight excluding hydrogens is 254 g/mol. The highest BCUT2D eigenvalue weighted by Crippen LogP contribution is 2.31. The molecule has 0 saturated heterocycles. The monoisotopic (exact) mass is 281 g/mol. The SMILES string of the molecule is CCOc1cccc(CNCCOC)c1OCC(C)C. The van der Waals surface area contributed by atoms with E-state index in [9.17, 15) is 0 Å². The second-order valence-corrected chi connectivity index (χ2v) is 5.05. The Hall–Kier alpha value is -1.26. The molecule has 1 rings (SSSR count). The second kappa shape index (κ2) is 9.61. The largest absolute Gasteiger partial charge is 0.490 e. The highest BCUT2D eigenvalue weighted by Gasteiger charge is 2.11. The topological polar surface area (TPSA) is 39.7 Å². The summed E-state index contributed by atoms with van der Waals surface area (Å²) in [6, 6.07) is 6.02. The molecule has 0 aliphatic rings. The third-order valence-electron chi connectivity index (χ3n) is 2.72. The molecule has 0 aromatic heterocycles. The molecule has 0 heterocycles. The average molecular weight is 281 g/mol. The van der Waals surface area contributed by atoms with Gasteiger partial charge in [-0.3, -0.25) is 0 Å². The van der Waals surface area contributed by atoms with Crippen molar-refractivity contribution in [3.8, 4) is 11.5 Å². The number of ether oxygens (including phenoxy) is 3. The van der Waals surface area contributed by atoms with E-state index in [0.717, 1.165) is 30.2 Å². The summed E-state index contributed by atoms with van der Waals surface area (Å²) in [6.07, 6.45) is 0. The fourth-order valence-corrected chi connectivity index (χ4v) is 1.78. The number of rotatable bonds is 10. The molecule has 0 fully saturated rings. The van der Waals surface area contributed by atoms with Gasteiger partial charge in [0.25, 0.3) is 0 Å². The summed E-state index contributed by atoms with van der Waals surface area (Å²) in [5.41, 5.74) is 1.12. The van der Waals surface area contributed by atoms with Crippen LogP contribution >= 0.6 is 0 Å². The van der Waals surface area contributed by atoms with Crippen molar-refractivity contribution in [3.05, 3.63) is 23.8 Å². The lowest BCUT2D eigenvalue weighted by atomic mass is 10.1. The highest BCUT2D eigenvalue weighted by molar-refractivity contribution is 5.46. The van der Waals surface area contributed by atoms with Crippen LogP contribution in [0.2, 0.25) is 0 Å². The van der Waals surface area contributed by atoms with Crippen molar-refractivity contribution in [1.29, 1.82) is 0 Å². The van der Waals surface area contributed by atoms with E-state index in [1.807, 2.05) is 19.1 Å². The molecule has 0 unspecified atom stereocenters. The van der Waals surface area contributed by atoms with Gasteiger partial charge in [-0.2, -0.15) is 0 Å². The number of para-hydroxylation sites is 1. The average Bonchev–Trinajstić information content (AvgIpc) is 2.43. The lowest BCUT2D eigenvalue weighted by Gasteiger charge is -2.17. The summed E-state index contributed by atoms with van der Waals surface area (Å²) in [5.74, 6) is 2.16. The maximum atomic E-state index is 5.94. The Balaban J connectivity index is 2.75. The predicted octanol–water partition coefficient (Wildman–Crippen LogP) is 2.86. The van der Waals surface area contributed by atoms with Crippen molar-refractivity contribution in [2.75, 3.05) is 33.5 Å². The number of benzene rings is 1. The van der Waals surface area contributed by atoms with Crippen LogP contribution in [0.1, 0.15) is 26.3 Å². The molecular formula is C16H27NO3. The summed E-state index contributed by atoms with van der Waals surface area (Å²) in [4.78, 5) is 0. The van der Waals surface area contributed by atoms with Gasteiger partial charge in [0, 0.05) is 25.8 Å². The van der Waals surface area contributed by atoms with Gasteiger partial charge in [-0.05, 0) is 18.9 Å². The zero-order chi connectivity index (χ0) is 14.8. The number of methoxy groups -OCH3 is 1. The van der Waals surface area contributed by atoms with E-state index in [-0.39, 0.29) is 0 Å². The maximum Gasteiger partial charge on any atom is 0.165 e. The second-order valence-electron chi connectivity index (χ2n) is 5.05. The van der Waals surface area contributed by atoms with Gasteiger partial charge in [0.15, 0.2) is 11.5 Å². The maximum absolute atomic E-state index is 5.94. The fraction of sp³-hybridized carbons (Fsp3) is 0.625. The van der Waals surface area contributed by atoms with E-state index in [1.54, 1.807) is 7.11 Å². The van der Waals surface area contributed by atoms with Gasteiger partial charge in [0.2, 0.25) is 0 Å². The molecule has 0 aliphatic carbocycles. The Morgan fingerprint density at radius 2 is 2.00 bits per heavy atom. The lowest BCUT2D eigenvalue weighted by Crippen LogP contribution is -2.19. The van der Waals surface area contributed by atoms with E-state index in [2.05, 4.69) is 25.2 Å². The first kappa shape index (κ1) is 16.8. The highest BCUT2D eigenvalue weighted by atomic mass is 16.5. The summed E-state index contributed by atoms with van der Waals surface area (Å²) in [5, 5.41) is 3.34. The van der Waals surface area contributed by atoms with Gasteiger partial charge in [-0.15, -0.1) is 0 Å². The minimum absolute atomic E-state index is 0.485. The Labute approximate surface area is 122 Å². The molecule has 4 heteroatoms. The normalized spacial score (nSPS) is 10.8. The molecule has 1 aromatic carbocycles. The van der Waals surface area contributed by atoms with Crippen molar-refractivity contribution in [2.45, 2.75) is 27.3 Å². The summed E-state index contributed by atoms with van der Waals surface area (Å²) in [6.45, 7) is 9.85. The standard InChI is InChI=1S/C16H27NO3/c1-5-19-15-8-6-7-14(11-17-9-10-18-4)16(15)20-12-13(2)3/h6-8,13,17H,5,9-12H2,1-4H3. The molecule has 4 nitrogen and oxygen atoms in total. The van der Waals surface area contributed by atoms with Gasteiger partial charge in [0.1, 0.15) is 0 Å². The minimum Gasteiger partial charge on any atom is -0.490 e. The Kier molecular flexibility index (Phi) is 8.07. The Morgan fingerprint density at radius 3 is 2.65 bits per heavy atom. The van der Waals surface area contributed by atoms with E-state index in [1.165, 1.54) is 0 Å². The number of hydrogen-bond acceptors (Lipinski definition) is 4. The summed E-state index contributed by atoms with van der Waals surface area (Å²) in [7, 11) is 1.70. The first-order valence-corrected chi connectivity index (χ1v) is 7.26. The number of hydrogen-bond donors (Lipinski definition) is 1. The molecule has 0 bridgehead atoms. The van der Waals surface area contributed by atoms with E-state index >= 15 is 0 Å². The van der Waals surface area contributed by atoms with Crippen molar-refractivity contribution in [1.82, 2.24) is 5.32 Å². The van der Waals surface area contributed by atoms with E-state index in [0.29, 0.717) is 25.7 Å². The molecule has 20 heavy (non-hydrogen) atoms. The lowest BCUT2D eigenvalue weighted by molar-refractivity contribution is 0.198. The van der Waals surface area contributed by atoms with Gasteiger partial charge < -0.3 is 19.5 Å². The van der Waals surface area contributed by atoms with Crippen molar-refractivity contribution in [2.24, 2.45) is 5.92 Å². The molecule has 0 atom stereocenters. The van der Waals surface area contributed by atoms with Gasteiger partial charge >= 0.3 is 0 Å². The van der Waals surface area contributed by atoms with Crippen LogP contribution < -0.4 is 14.8 Å². The summed E-state index contributed by atoms with van der Waals surface area (Å²) < 4.78 is 16.6. The molecule has 114 valence electrons. The Bertz CT molecular complexity index is 380.